The molecule has 0 atom stereocenters. The summed E-state index contributed by atoms with van der Waals surface area (Å²) in [6.45, 7) is 2.75. The number of aromatic nitrogens is 2. The zero-order valence-corrected chi connectivity index (χ0v) is 17.1. The van der Waals surface area contributed by atoms with E-state index in [-0.39, 0.29) is 5.91 Å². The Hall–Kier alpha value is -2.15. The second-order valence-corrected chi connectivity index (χ2v) is 8.86. The first kappa shape index (κ1) is 19.2. The van der Waals surface area contributed by atoms with Crippen LogP contribution in [0.2, 0.25) is 0 Å². The van der Waals surface area contributed by atoms with Crippen molar-refractivity contribution in [2.75, 3.05) is 29.9 Å². The van der Waals surface area contributed by atoms with E-state index in [1.807, 2.05) is 0 Å². The van der Waals surface area contributed by atoms with Crippen molar-refractivity contribution >= 4 is 28.9 Å². The van der Waals surface area contributed by atoms with Gasteiger partial charge in [-0.2, -0.15) is 0 Å². The Balaban J connectivity index is 1.14. The number of carbonyl (C=O) groups is 1. The molecule has 2 aromatic heterocycles. The number of thiophene rings is 1. The van der Waals surface area contributed by atoms with Gasteiger partial charge in [0.25, 0.3) is 0 Å². The first-order valence-electron chi connectivity index (χ1n) is 10.4. The third-order valence-corrected chi connectivity index (χ3v) is 6.51. The zero-order valence-electron chi connectivity index (χ0n) is 16.3. The van der Waals surface area contributed by atoms with Crippen molar-refractivity contribution < 1.29 is 4.79 Å². The van der Waals surface area contributed by atoms with Crippen LogP contribution >= 0.6 is 11.3 Å². The molecule has 2 N–H and O–H groups in total. The van der Waals surface area contributed by atoms with Crippen molar-refractivity contribution in [3.63, 3.8) is 0 Å². The molecule has 1 saturated heterocycles. The number of piperidine rings is 1. The summed E-state index contributed by atoms with van der Waals surface area (Å²) in [5, 5.41) is 8.58. The maximum absolute atomic E-state index is 12.1. The first-order valence-corrected chi connectivity index (χ1v) is 11.3. The Morgan fingerprint density at radius 2 is 2.07 bits per heavy atom. The highest BCUT2D eigenvalue weighted by Gasteiger charge is 2.23. The molecule has 0 radical (unpaired) electrons. The second-order valence-electron chi connectivity index (χ2n) is 7.83. The molecular weight excluding hydrogens is 370 g/mol. The van der Waals surface area contributed by atoms with E-state index in [2.05, 4.69) is 49.1 Å². The fraction of sp³-hybridized carbons (Fsp3) is 0.571. The second kappa shape index (κ2) is 9.37. The van der Waals surface area contributed by atoms with Gasteiger partial charge < -0.3 is 15.5 Å². The highest BCUT2D eigenvalue weighted by atomic mass is 32.1. The molecule has 2 fully saturated rings. The van der Waals surface area contributed by atoms with Crippen LogP contribution in [0.4, 0.5) is 11.6 Å². The molecule has 1 saturated carbocycles. The molecule has 2 aliphatic rings. The molecule has 0 spiro atoms. The Labute approximate surface area is 170 Å². The SMILES string of the molecule is O=C(CCC1CCN(c2cc(NC3CC3)ncn2)CC1)NCCc1cccs1. The number of nitrogens with one attached hydrogen (secondary N) is 2. The third kappa shape index (κ3) is 5.67. The van der Waals surface area contributed by atoms with Crippen LogP contribution in [0.3, 0.4) is 0 Å². The van der Waals surface area contributed by atoms with E-state index < -0.39 is 0 Å². The average Bonchev–Trinajstić information content (AvgIpc) is 3.38. The summed E-state index contributed by atoms with van der Waals surface area (Å²) in [4.78, 5) is 24.5. The van der Waals surface area contributed by atoms with Crippen molar-refractivity contribution in [1.29, 1.82) is 0 Å². The Bertz CT molecular complexity index is 754. The lowest BCUT2D eigenvalue weighted by Crippen LogP contribution is -2.35. The van der Waals surface area contributed by atoms with Crippen LogP contribution in [-0.2, 0) is 11.2 Å². The fourth-order valence-electron chi connectivity index (χ4n) is 3.69. The molecule has 28 heavy (non-hydrogen) atoms. The Morgan fingerprint density at radius 1 is 1.21 bits per heavy atom. The van der Waals surface area contributed by atoms with E-state index in [1.165, 1.54) is 17.7 Å². The highest BCUT2D eigenvalue weighted by Crippen LogP contribution is 2.27. The molecule has 7 heteroatoms. The lowest BCUT2D eigenvalue weighted by molar-refractivity contribution is -0.121. The third-order valence-electron chi connectivity index (χ3n) is 5.57. The van der Waals surface area contributed by atoms with Crippen molar-refractivity contribution in [2.24, 2.45) is 5.92 Å². The summed E-state index contributed by atoms with van der Waals surface area (Å²) in [6.07, 6.45) is 8.94. The van der Waals surface area contributed by atoms with Gasteiger partial charge in [0.15, 0.2) is 0 Å². The van der Waals surface area contributed by atoms with E-state index in [4.69, 9.17) is 0 Å². The average molecular weight is 400 g/mol. The minimum atomic E-state index is 0.186. The monoisotopic (exact) mass is 399 g/mol. The minimum Gasteiger partial charge on any atom is -0.367 e. The summed E-state index contributed by atoms with van der Waals surface area (Å²) in [7, 11) is 0. The van der Waals surface area contributed by atoms with Gasteiger partial charge in [-0.15, -0.1) is 11.3 Å². The molecule has 6 nitrogen and oxygen atoms in total. The first-order chi connectivity index (χ1) is 13.8. The summed E-state index contributed by atoms with van der Waals surface area (Å²) < 4.78 is 0. The van der Waals surface area contributed by atoms with Crippen molar-refractivity contribution in [3.05, 3.63) is 34.8 Å². The number of rotatable bonds is 9. The van der Waals surface area contributed by atoms with Gasteiger partial charge >= 0.3 is 0 Å². The molecule has 0 bridgehead atoms. The van der Waals surface area contributed by atoms with Crippen molar-refractivity contribution in [1.82, 2.24) is 15.3 Å². The van der Waals surface area contributed by atoms with Crippen LogP contribution in [0.5, 0.6) is 0 Å². The molecule has 1 aliphatic heterocycles. The number of carbonyl (C=O) groups excluding carboxylic acids is 1. The molecule has 0 unspecified atom stereocenters. The summed E-state index contributed by atoms with van der Waals surface area (Å²) >= 11 is 1.75. The molecule has 1 amide bonds. The maximum Gasteiger partial charge on any atom is 0.220 e. The Morgan fingerprint density at radius 3 is 2.82 bits per heavy atom. The normalized spacial score (nSPS) is 17.5. The topological polar surface area (TPSA) is 70.2 Å². The van der Waals surface area contributed by atoms with Crippen LogP contribution in [-0.4, -0.2) is 41.6 Å². The van der Waals surface area contributed by atoms with Gasteiger partial charge in [0.1, 0.15) is 18.0 Å². The van der Waals surface area contributed by atoms with Gasteiger partial charge in [-0.3, -0.25) is 4.79 Å². The molecule has 3 heterocycles. The summed E-state index contributed by atoms with van der Waals surface area (Å²) in [6, 6.07) is 6.84. The Kier molecular flexibility index (Phi) is 6.41. The number of hydrogen-bond donors (Lipinski definition) is 2. The van der Waals surface area contributed by atoms with Crippen molar-refractivity contribution in [3.8, 4) is 0 Å². The molecule has 1 aliphatic carbocycles. The van der Waals surface area contributed by atoms with Crippen LogP contribution in [0.15, 0.2) is 29.9 Å². The molecule has 0 aromatic carbocycles. The fourth-order valence-corrected chi connectivity index (χ4v) is 4.40. The van der Waals surface area contributed by atoms with E-state index >= 15 is 0 Å². The molecule has 2 aromatic rings. The lowest BCUT2D eigenvalue weighted by Gasteiger charge is -2.32. The minimum absolute atomic E-state index is 0.186. The number of amides is 1. The summed E-state index contributed by atoms with van der Waals surface area (Å²) in [5.74, 6) is 2.77. The van der Waals surface area contributed by atoms with Gasteiger partial charge in [-0.05, 0) is 55.9 Å². The van der Waals surface area contributed by atoms with Crippen molar-refractivity contribution in [2.45, 2.75) is 51.0 Å². The van der Waals surface area contributed by atoms with Gasteiger partial charge in [0.05, 0.1) is 0 Å². The van der Waals surface area contributed by atoms with Gasteiger partial charge in [0.2, 0.25) is 5.91 Å². The van der Waals surface area contributed by atoms with E-state index in [9.17, 15) is 4.79 Å². The summed E-state index contributed by atoms with van der Waals surface area (Å²) in [5.41, 5.74) is 0. The zero-order chi connectivity index (χ0) is 19.2. The predicted molar refractivity (Wildman–Crippen MR) is 114 cm³/mol. The van der Waals surface area contributed by atoms with Crippen LogP contribution in [0.25, 0.3) is 0 Å². The van der Waals surface area contributed by atoms with Crippen LogP contribution in [0.1, 0.15) is 43.4 Å². The van der Waals surface area contributed by atoms with E-state index in [0.717, 1.165) is 57.0 Å². The maximum atomic E-state index is 12.1. The molecule has 150 valence electrons. The van der Waals surface area contributed by atoms with Crippen LogP contribution < -0.4 is 15.5 Å². The van der Waals surface area contributed by atoms with Gasteiger partial charge in [-0.25, -0.2) is 9.97 Å². The highest BCUT2D eigenvalue weighted by molar-refractivity contribution is 7.09. The number of nitrogens with zero attached hydrogens (tertiary/aromatic N) is 3. The van der Waals surface area contributed by atoms with Crippen LogP contribution in [0, 0.1) is 5.92 Å². The molecular formula is C21H29N5OS. The van der Waals surface area contributed by atoms with E-state index in [0.29, 0.717) is 18.4 Å². The number of anilines is 2. The van der Waals surface area contributed by atoms with Gasteiger partial charge in [0, 0.05) is 43.0 Å². The van der Waals surface area contributed by atoms with Gasteiger partial charge in [-0.1, -0.05) is 6.07 Å². The van der Waals surface area contributed by atoms with E-state index in [1.54, 1.807) is 17.7 Å². The largest absolute Gasteiger partial charge is 0.367 e. The number of hydrogen-bond acceptors (Lipinski definition) is 6. The standard InChI is InChI=1S/C21H29N5OS/c27-21(22-10-7-18-2-1-13-28-18)6-3-16-8-11-26(12-9-16)20-14-19(23-15-24-20)25-17-4-5-17/h1-2,13-17H,3-12H2,(H,22,27)(H,23,24,25). The smallest absolute Gasteiger partial charge is 0.220 e. The quantitative estimate of drug-likeness (QED) is 0.676. The lowest BCUT2D eigenvalue weighted by atomic mass is 9.92. The molecule has 4 rings (SSSR count). The predicted octanol–water partition coefficient (Wildman–Crippen LogP) is 3.47.